The standard InChI is InChI=1S/C8H4Cl2O2S2/c9-5-2-1-3-6-8(5)7(4-13-6)14(10,11)12/h1-4H. The van der Waals surface area contributed by atoms with Gasteiger partial charge in [-0.2, -0.15) is 0 Å². The smallest absolute Gasteiger partial charge is 0.207 e. The molecule has 0 unspecified atom stereocenters. The molecule has 2 aromatic rings. The van der Waals surface area contributed by atoms with Gasteiger partial charge in [-0.25, -0.2) is 8.42 Å². The van der Waals surface area contributed by atoms with E-state index in [1.165, 1.54) is 16.7 Å². The fourth-order valence-electron chi connectivity index (χ4n) is 1.20. The highest BCUT2D eigenvalue weighted by molar-refractivity contribution is 8.14. The summed E-state index contributed by atoms with van der Waals surface area (Å²) in [6.07, 6.45) is 0. The third-order valence-electron chi connectivity index (χ3n) is 1.78. The molecule has 0 aliphatic carbocycles. The molecule has 1 heterocycles. The van der Waals surface area contributed by atoms with E-state index in [4.69, 9.17) is 22.3 Å². The van der Waals surface area contributed by atoms with Crippen LogP contribution in [0, 0.1) is 0 Å². The van der Waals surface area contributed by atoms with Gasteiger partial charge in [-0.1, -0.05) is 17.7 Å². The SMILES string of the molecule is O=S(=O)(Cl)c1csc2cccc(Cl)c12. The predicted octanol–water partition coefficient (Wildman–Crippen LogP) is 3.48. The molecule has 0 saturated carbocycles. The molecule has 6 heteroatoms. The van der Waals surface area contributed by atoms with Gasteiger partial charge < -0.3 is 0 Å². The second kappa shape index (κ2) is 3.38. The summed E-state index contributed by atoms with van der Waals surface area (Å²) in [5.74, 6) is 0. The van der Waals surface area contributed by atoms with E-state index >= 15 is 0 Å². The molecule has 0 aliphatic rings. The number of rotatable bonds is 1. The van der Waals surface area contributed by atoms with Gasteiger partial charge in [-0.05, 0) is 12.1 Å². The van der Waals surface area contributed by atoms with Crippen LogP contribution in [0.25, 0.3) is 10.1 Å². The van der Waals surface area contributed by atoms with Gasteiger partial charge in [0.2, 0.25) is 0 Å². The summed E-state index contributed by atoms with van der Waals surface area (Å²) in [5, 5.41) is 2.41. The van der Waals surface area contributed by atoms with Crippen LogP contribution in [0.1, 0.15) is 0 Å². The Hall–Kier alpha value is -0.290. The lowest BCUT2D eigenvalue weighted by Crippen LogP contribution is -1.87. The average molecular weight is 267 g/mol. The van der Waals surface area contributed by atoms with Crippen molar-refractivity contribution in [3.8, 4) is 0 Å². The minimum atomic E-state index is -3.71. The lowest BCUT2D eigenvalue weighted by atomic mass is 10.3. The molecule has 1 aromatic heterocycles. The third-order valence-corrected chi connectivity index (χ3v) is 4.54. The van der Waals surface area contributed by atoms with Crippen LogP contribution in [0.15, 0.2) is 28.5 Å². The van der Waals surface area contributed by atoms with Crippen LogP contribution in [0.2, 0.25) is 5.02 Å². The normalized spacial score (nSPS) is 12.1. The first-order valence-corrected chi connectivity index (χ1v) is 7.17. The number of halogens is 2. The van der Waals surface area contributed by atoms with Crippen molar-refractivity contribution in [3.63, 3.8) is 0 Å². The first-order valence-electron chi connectivity index (χ1n) is 3.60. The number of hydrogen-bond acceptors (Lipinski definition) is 3. The van der Waals surface area contributed by atoms with Gasteiger partial charge in [0.25, 0.3) is 9.05 Å². The van der Waals surface area contributed by atoms with Crippen molar-refractivity contribution in [1.29, 1.82) is 0 Å². The van der Waals surface area contributed by atoms with Crippen LogP contribution < -0.4 is 0 Å². The minimum absolute atomic E-state index is 0.0877. The molecule has 0 bridgehead atoms. The lowest BCUT2D eigenvalue weighted by molar-refractivity contribution is 0.610. The van der Waals surface area contributed by atoms with Gasteiger partial charge >= 0.3 is 0 Å². The Morgan fingerprint density at radius 2 is 2.00 bits per heavy atom. The molecule has 2 rings (SSSR count). The molecular weight excluding hydrogens is 263 g/mol. The first-order chi connectivity index (χ1) is 6.50. The highest BCUT2D eigenvalue weighted by Gasteiger charge is 2.17. The first kappa shape index (κ1) is 10.2. The van der Waals surface area contributed by atoms with E-state index in [1.54, 1.807) is 18.2 Å². The molecule has 0 aliphatic heterocycles. The molecule has 0 amide bonds. The van der Waals surface area contributed by atoms with Crippen LogP contribution in [0.5, 0.6) is 0 Å². The van der Waals surface area contributed by atoms with Gasteiger partial charge in [0.05, 0.1) is 5.02 Å². The van der Waals surface area contributed by atoms with Crippen molar-refractivity contribution in [2.24, 2.45) is 0 Å². The number of thiophene rings is 1. The van der Waals surface area contributed by atoms with Gasteiger partial charge in [-0.15, -0.1) is 11.3 Å². The Morgan fingerprint density at radius 3 is 2.64 bits per heavy atom. The molecule has 0 radical (unpaired) electrons. The van der Waals surface area contributed by atoms with Crippen LogP contribution in [0.4, 0.5) is 0 Å². The summed E-state index contributed by atoms with van der Waals surface area (Å²) in [5.41, 5.74) is 0. The van der Waals surface area contributed by atoms with Crippen LogP contribution >= 0.6 is 33.6 Å². The second-order valence-electron chi connectivity index (χ2n) is 2.65. The predicted molar refractivity (Wildman–Crippen MR) is 59.9 cm³/mol. The maximum atomic E-state index is 11.2. The summed E-state index contributed by atoms with van der Waals surface area (Å²) in [4.78, 5) is 0.0877. The zero-order valence-corrected chi connectivity index (χ0v) is 9.84. The molecule has 0 N–H and O–H groups in total. The van der Waals surface area contributed by atoms with Crippen LogP contribution in [-0.2, 0) is 9.05 Å². The quantitative estimate of drug-likeness (QED) is 0.741. The largest absolute Gasteiger partial charge is 0.262 e. The summed E-state index contributed by atoms with van der Waals surface area (Å²) in [6, 6.07) is 5.21. The van der Waals surface area contributed by atoms with Gasteiger partial charge in [-0.3, -0.25) is 0 Å². The minimum Gasteiger partial charge on any atom is -0.207 e. The Kier molecular flexibility index (Phi) is 2.47. The number of hydrogen-bond donors (Lipinski definition) is 0. The molecular formula is C8H4Cl2O2S2. The van der Waals surface area contributed by atoms with Crippen molar-refractivity contribution in [1.82, 2.24) is 0 Å². The summed E-state index contributed by atoms with van der Waals surface area (Å²) in [6.45, 7) is 0. The van der Waals surface area contributed by atoms with E-state index in [0.717, 1.165) is 4.70 Å². The molecule has 0 atom stereocenters. The molecule has 0 spiro atoms. The van der Waals surface area contributed by atoms with Gasteiger partial charge in [0.1, 0.15) is 4.90 Å². The number of benzene rings is 1. The summed E-state index contributed by atoms with van der Waals surface area (Å²) < 4.78 is 23.2. The summed E-state index contributed by atoms with van der Waals surface area (Å²) in [7, 11) is 1.56. The monoisotopic (exact) mass is 266 g/mol. The topological polar surface area (TPSA) is 34.1 Å². The van der Waals surface area contributed by atoms with Crippen molar-refractivity contribution >= 4 is 52.8 Å². The zero-order chi connectivity index (χ0) is 10.3. The van der Waals surface area contributed by atoms with Crippen molar-refractivity contribution < 1.29 is 8.42 Å². The molecule has 2 nitrogen and oxygen atoms in total. The number of fused-ring (bicyclic) bond motifs is 1. The van der Waals surface area contributed by atoms with E-state index in [2.05, 4.69) is 0 Å². The van der Waals surface area contributed by atoms with E-state index in [0.29, 0.717) is 10.4 Å². The average Bonchev–Trinajstić information content (AvgIpc) is 2.47. The van der Waals surface area contributed by atoms with E-state index in [9.17, 15) is 8.42 Å². The fraction of sp³-hybridized carbons (Fsp3) is 0. The van der Waals surface area contributed by atoms with Crippen molar-refractivity contribution in [3.05, 3.63) is 28.6 Å². The van der Waals surface area contributed by atoms with Crippen LogP contribution in [0.3, 0.4) is 0 Å². The van der Waals surface area contributed by atoms with E-state index < -0.39 is 9.05 Å². The Morgan fingerprint density at radius 1 is 1.29 bits per heavy atom. The highest BCUT2D eigenvalue weighted by atomic mass is 35.7. The van der Waals surface area contributed by atoms with Gasteiger partial charge in [0, 0.05) is 26.1 Å². The molecule has 1 aromatic carbocycles. The van der Waals surface area contributed by atoms with Crippen molar-refractivity contribution in [2.75, 3.05) is 0 Å². The molecule has 14 heavy (non-hydrogen) atoms. The lowest BCUT2D eigenvalue weighted by Gasteiger charge is -1.96. The molecule has 0 fully saturated rings. The van der Waals surface area contributed by atoms with E-state index in [1.807, 2.05) is 0 Å². The maximum absolute atomic E-state index is 11.2. The highest BCUT2D eigenvalue weighted by Crippen LogP contribution is 2.35. The zero-order valence-electron chi connectivity index (χ0n) is 6.70. The summed E-state index contributed by atoms with van der Waals surface area (Å²) >= 11 is 7.20. The third kappa shape index (κ3) is 1.63. The Labute approximate surface area is 94.5 Å². The van der Waals surface area contributed by atoms with Crippen LogP contribution in [-0.4, -0.2) is 8.42 Å². The molecule has 0 saturated heterocycles. The van der Waals surface area contributed by atoms with Crippen molar-refractivity contribution in [2.45, 2.75) is 4.90 Å². The Balaban J connectivity index is 2.94. The second-order valence-corrected chi connectivity index (χ2v) is 6.50. The fourth-order valence-corrected chi connectivity index (χ4v) is 4.12. The van der Waals surface area contributed by atoms with E-state index in [-0.39, 0.29) is 4.90 Å². The molecule has 74 valence electrons. The maximum Gasteiger partial charge on any atom is 0.262 e. The Bertz CT molecular complexity index is 586. The van der Waals surface area contributed by atoms with Gasteiger partial charge in [0.15, 0.2) is 0 Å².